The van der Waals surface area contributed by atoms with Crippen LogP contribution in [-0.2, 0) is 9.59 Å². The predicted octanol–water partition coefficient (Wildman–Crippen LogP) is 5.31. The molecule has 2 N–H and O–H groups in total. The second-order valence-corrected chi connectivity index (χ2v) is 8.09. The number of rotatable bonds is 6. The summed E-state index contributed by atoms with van der Waals surface area (Å²) in [6, 6.07) is 10.6. The van der Waals surface area contributed by atoms with Crippen LogP contribution < -0.4 is 10.6 Å². The minimum Gasteiger partial charge on any atom is -0.325 e. The van der Waals surface area contributed by atoms with E-state index in [4.69, 9.17) is 23.2 Å². The van der Waals surface area contributed by atoms with Gasteiger partial charge in [0.2, 0.25) is 11.8 Å². The first-order valence-electron chi connectivity index (χ1n) is 8.01. The summed E-state index contributed by atoms with van der Waals surface area (Å²) in [5, 5.41) is 6.04. The standard InChI is InChI=1S/C19H20Cl2N2O2S/c1-11-4-6-15(8-12(11)2)22-18(24)10-26-13(3)19(25)23-17-9-14(20)5-7-16(17)21/h4-9,13H,10H2,1-3H3,(H,22,24)(H,23,25). The summed E-state index contributed by atoms with van der Waals surface area (Å²) in [7, 11) is 0. The van der Waals surface area contributed by atoms with Crippen LogP contribution in [0.1, 0.15) is 18.1 Å². The number of benzene rings is 2. The second kappa shape index (κ2) is 9.31. The molecule has 0 saturated carbocycles. The van der Waals surface area contributed by atoms with Gasteiger partial charge < -0.3 is 10.6 Å². The van der Waals surface area contributed by atoms with Crippen molar-refractivity contribution in [2.24, 2.45) is 0 Å². The molecule has 1 atom stereocenters. The number of hydrogen-bond acceptors (Lipinski definition) is 3. The first kappa shape index (κ1) is 20.6. The zero-order valence-corrected chi connectivity index (χ0v) is 17.1. The molecule has 2 rings (SSSR count). The van der Waals surface area contributed by atoms with E-state index >= 15 is 0 Å². The number of aryl methyl sites for hydroxylation is 2. The zero-order chi connectivity index (χ0) is 19.3. The Morgan fingerprint density at radius 1 is 1.04 bits per heavy atom. The maximum Gasteiger partial charge on any atom is 0.237 e. The number of carbonyl (C=O) groups is 2. The molecule has 0 heterocycles. The molecule has 26 heavy (non-hydrogen) atoms. The Morgan fingerprint density at radius 2 is 1.77 bits per heavy atom. The number of nitrogens with one attached hydrogen (secondary N) is 2. The molecule has 4 nitrogen and oxygen atoms in total. The zero-order valence-electron chi connectivity index (χ0n) is 14.7. The van der Waals surface area contributed by atoms with Crippen molar-refractivity contribution in [2.45, 2.75) is 26.0 Å². The van der Waals surface area contributed by atoms with Crippen LogP contribution in [-0.4, -0.2) is 22.8 Å². The lowest BCUT2D eigenvalue weighted by Crippen LogP contribution is -2.25. The van der Waals surface area contributed by atoms with Gasteiger partial charge in [-0.25, -0.2) is 0 Å². The smallest absolute Gasteiger partial charge is 0.237 e. The van der Waals surface area contributed by atoms with E-state index in [0.29, 0.717) is 15.7 Å². The molecule has 1 unspecified atom stereocenters. The number of amides is 2. The predicted molar refractivity (Wildman–Crippen MR) is 112 cm³/mol. The van der Waals surface area contributed by atoms with Gasteiger partial charge in [-0.3, -0.25) is 9.59 Å². The Kier molecular flexibility index (Phi) is 7.38. The lowest BCUT2D eigenvalue weighted by atomic mass is 10.1. The van der Waals surface area contributed by atoms with Crippen molar-refractivity contribution in [3.05, 3.63) is 57.6 Å². The number of carbonyl (C=O) groups excluding carboxylic acids is 2. The molecule has 0 bridgehead atoms. The Bertz CT molecular complexity index is 827. The largest absolute Gasteiger partial charge is 0.325 e. The highest BCUT2D eigenvalue weighted by Crippen LogP contribution is 2.26. The quantitative estimate of drug-likeness (QED) is 0.678. The van der Waals surface area contributed by atoms with Crippen molar-refractivity contribution in [3.63, 3.8) is 0 Å². The van der Waals surface area contributed by atoms with E-state index in [-0.39, 0.29) is 17.6 Å². The molecule has 0 aliphatic carbocycles. The molecule has 0 fully saturated rings. The summed E-state index contributed by atoms with van der Waals surface area (Å²) in [6.07, 6.45) is 0. The van der Waals surface area contributed by atoms with Crippen LogP contribution >= 0.6 is 35.0 Å². The SMILES string of the molecule is Cc1ccc(NC(=O)CSC(C)C(=O)Nc2cc(Cl)ccc2Cl)cc1C. The normalized spacial score (nSPS) is 11.7. The lowest BCUT2D eigenvalue weighted by molar-refractivity contribution is -0.115. The van der Waals surface area contributed by atoms with Crippen molar-refractivity contribution >= 4 is 58.2 Å². The number of hydrogen-bond donors (Lipinski definition) is 2. The molecule has 0 spiro atoms. The summed E-state index contributed by atoms with van der Waals surface area (Å²) < 4.78 is 0. The third-order valence-corrected chi connectivity index (χ3v) is 5.52. The Labute approximate surface area is 167 Å². The van der Waals surface area contributed by atoms with E-state index in [1.165, 1.54) is 17.3 Å². The van der Waals surface area contributed by atoms with Crippen LogP contribution in [0, 0.1) is 13.8 Å². The Hall–Kier alpha value is -1.69. The van der Waals surface area contributed by atoms with Gasteiger partial charge in [0.1, 0.15) is 0 Å². The van der Waals surface area contributed by atoms with Crippen molar-refractivity contribution < 1.29 is 9.59 Å². The molecular formula is C19H20Cl2N2O2S. The number of thioether (sulfide) groups is 1. The van der Waals surface area contributed by atoms with Gasteiger partial charge in [0.15, 0.2) is 0 Å². The van der Waals surface area contributed by atoms with Crippen LogP contribution in [0.5, 0.6) is 0 Å². The highest BCUT2D eigenvalue weighted by atomic mass is 35.5. The van der Waals surface area contributed by atoms with Crippen LogP contribution in [0.2, 0.25) is 10.0 Å². The minimum atomic E-state index is -0.421. The van der Waals surface area contributed by atoms with Gasteiger partial charge in [0, 0.05) is 10.7 Å². The van der Waals surface area contributed by atoms with E-state index in [0.717, 1.165) is 11.3 Å². The van der Waals surface area contributed by atoms with Gasteiger partial charge in [-0.05, 0) is 62.2 Å². The van der Waals surface area contributed by atoms with Crippen LogP contribution in [0.25, 0.3) is 0 Å². The highest BCUT2D eigenvalue weighted by Gasteiger charge is 2.17. The molecule has 0 saturated heterocycles. The molecule has 2 aromatic carbocycles. The molecule has 0 aromatic heterocycles. The van der Waals surface area contributed by atoms with Crippen LogP contribution in [0.3, 0.4) is 0 Å². The summed E-state index contributed by atoms with van der Waals surface area (Å²) in [4.78, 5) is 24.4. The van der Waals surface area contributed by atoms with Gasteiger partial charge >= 0.3 is 0 Å². The third-order valence-electron chi connectivity index (χ3n) is 3.81. The van der Waals surface area contributed by atoms with E-state index in [1.807, 2.05) is 32.0 Å². The molecule has 2 amide bonds. The lowest BCUT2D eigenvalue weighted by Gasteiger charge is -2.13. The molecule has 138 valence electrons. The summed E-state index contributed by atoms with van der Waals surface area (Å²) in [5.74, 6) is -0.220. The van der Waals surface area contributed by atoms with Gasteiger partial charge in [0.25, 0.3) is 0 Å². The molecule has 0 aliphatic rings. The maximum absolute atomic E-state index is 12.3. The summed E-state index contributed by atoms with van der Waals surface area (Å²) in [5.41, 5.74) is 3.49. The highest BCUT2D eigenvalue weighted by molar-refractivity contribution is 8.01. The van der Waals surface area contributed by atoms with E-state index in [2.05, 4.69) is 10.6 Å². The fraction of sp³-hybridized carbons (Fsp3) is 0.263. The first-order chi connectivity index (χ1) is 12.3. The Balaban J connectivity index is 1.85. The van der Waals surface area contributed by atoms with Crippen LogP contribution in [0.15, 0.2) is 36.4 Å². The van der Waals surface area contributed by atoms with Gasteiger partial charge in [-0.1, -0.05) is 29.3 Å². The maximum atomic E-state index is 12.3. The second-order valence-electron chi connectivity index (χ2n) is 5.91. The molecule has 0 radical (unpaired) electrons. The first-order valence-corrected chi connectivity index (χ1v) is 9.81. The minimum absolute atomic E-state index is 0.154. The van der Waals surface area contributed by atoms with Crippen molar-refractivity contribution in [1.29, 1.82) is 0 Å². The van der Waals surface area contributed by atoms with E-state index in [1.54, 1.807) is 25.1 Å². The van der Waals surface area contributed by atoms with Crippen LogP contribution in [0.4, 0.5) is 11.4 Å². The summed E-state index contributed by atoms with van der Waals surface area (Å²) >= 11 is 13.2. The topological polar surface area (TPSA) is 58.2 Å². The average molecular weight is 411 g/mol. The fourth-order valence-electron chi connectivity index (χ4n) is 2.12. The van der Waals surface area contributed by atoms with Crippen molar-refractivity contribution in [3.8, 4) is 0 Å². The van der Waals surface area contributed by atoms with E-state index < -0.39 is 5.25 Å². The molecule has 7 heteroatoms. The van der Waals surface area contributed by atoms with E-state index in [9.17, 15) is 9.59 Å². The van der Waals surface area contributed by atoms with Gasteiger partial charge in [-0.15, -0.1) is 11.8 Å². The fourth-order valence-corrected chi connectivity index (χ4v) is 3.14. The number of halogens is 2. The third kappa shape index (κ3) is 5.94. The van der Waals surface area contributed by atoms with Gasteiger partial charge in [-0.2, -0.15) is 0 Å². The summed E-state index contributed by atoms with van der Waals surface area (Å²) in [6.45, 7) is 5.75. The molecule has 0 aliphatic heterocycles. The van der Waals surface area contributed by atoms with Crippen molar-refractivity contribution in [2.75, 3.05) is 16.4 Å². The molecular weight excluding hydrogens is 391 g/mol. The average Bonchev–Trinajstić information content (AvgIpc) is 2.59. The number of anilines is 2. The monoisotopic (exact) mass is 410 g/mol. The Morgan fingerprint density at radius 3 is 2.46 bits per heavy atom. The molecule has 2 aromatic rings. The van der Waals surface area contributed by atoms with Gasteiger partial charge in [0.05, 0.1) is 21.7 Å². The van der Waals surface area contributed by atoms with Crippen molar-refractivity contribution in [1.82, 2.24) is 0 Å².